The summed E-state index contributed by atoms with van der Waals surface area (Å²) in [6.45, 7) is 0.758. The number of hydrogen-bond acceptors (Lipinski definition) is 3. The Balaban J connectivity index is 1.95. The number of pyridine rings is 1. The highest BCUT2D eigenvalue weighted by Gasteiger charge is 2.06. The molecule has 2 aromatic carbocycles. The Morgan fingerprint density at radius 2 is 2.05 bits per heavy atom. The number of benzene rings is 2. The van der Waals surface area contributed by atoms with E-state index >= 15 is 0 Å². The third-order valence-corrected chi connectivity index (χ3v) is 3.69. The Morgan fingerprint density at radius 3 is 2.90 bits per heavy atom. The molecule has 3 aromatic rings. The molecule has 0 fully saturated rings. The van der Waals surface area contributed by atoms with Gasteiger partial charge < -0.3 is 10.1 Å². The highest BCUT2D eigenvalue weighted by molar-refractivity contribution is 9.10. The van der Waals surface area contributed by atoms with Gasteiger partial charge in [0.25, 0.3) is 0 Å². The summed E-state index contributed by atoms with van der Waals surface area (Å²) < 4.78 is 7.04. The van der Waals surface area contributed by atoms with Crippen LogP contribution in [-0.2, 0) is 6.54 Å². The zero-order valence-electron chi connectivity index (χ0n) is 11.6. The quantitative estimate of drug-likeness (QED) is 0.757. The van der Waals surface area contributed by atoms with Gasteiger partial charge in [-0.25, -0.2) is 0 Å². The first-order valence-electron chi connectivity index (χ1n) is 6.72. The van der Waals surface area contributed by atoms with Gasteiger partial charge in [-0.1, -0.05) is 28.1 Å². The van der Waals surface area contributed by atoms with E-state index in [9.17, 15) is 0 Å². The number of fused-ring (bicyclic) bond motifs is 1. The summed E-state index contributed by atoms with van der Waals surface area (Å²) in [7, 11) is 1.92. The number of nitrogens with zero attached hydrogens (tertiary/aromatic N) is 1. The van der Waals surface area contributed by atoms with Gasteiger partial charge in [0, 0.05) is 34.2 Å². The van der Waals surface area contributed by atoms with Crippen LogP contribution in [0.1, 0.15) is 5.56 Å². The molecule has 0 aliphatic carbocycles. The number of hydrogen-bond donors (Lipinski definition) is 1. The van der Waals surface area contributed by atoms with Crippen LogP contribution >= 0.6 is 15.9 Å². The minimum Gasteiger partial charge on any atom is -0.457 e. The first-order chi connectivity index (χ1) is 10.3. The third kappa shape index (κ3) is 3.23. The number of halogens is 1. The molecule has 0 saturated heterocycles. The first-order valence-corrected chi connectivity index (χ1v) is 7.51. The number of ether oxygens (including phenoxy) is 1. The van der Waals surface area contributed by atoms with Gasteiger partial charge in [-0.05, 0) is 37.4 Å². The maximum absolute atomic E-state index is 6.04. The Morgan fingerprint density at radius 1 is 1.14 bits per heavy atom. The van der Waals surface area contributed by atoms with Crippen molar-refractivity contribution in [3.05, 3.63) is 64.8 Å². The van der Waals surface area contributed by atoms with Crippen molar-refractivity contribution >= 4 is 26.8 Å². The fourth-order valence-electron chi connectivity index (χ4n) is 2.20. The topological polar surface area (TPSA) is 34.1 Å². The fourth-order valence-corrected chi connectivity index (χ4v) is 2.54. The molecule has 106 valence electrons. The summed E-state index contributed by atoms with van der Waals surface area (Å²) in [6.07, 6.45) is 1.79. The van der Waals surface area contributed by atoms with Crippen molar-refractivity contribution in [2.45, 2.75) is 6.54 Å². The summed E-state index contributed by atoms with van der Waals surface area (Å²) >= 11 is 3.49. The monoisotopic (exact) mass is 342 g/mol. The van der Waals surface area contributed by atoms with Crippen LogP contribution in [0.4, 0.5) is 0 Å². The molecular formula is C17H15BrN2O. The second-order valence-electron chi connectivity index (χ2n) is 4.74. The molecule has 0 saturated carbocycles. The van der Waals surface area contributed by atoms with Gasteiger partial charge >= 0.3 is 0 Å². The van der Waals surface area contributed by atoms with Gasteiger partial charge in [-0.3, -0.25) is 4.98 Å². The van der Waals surface area contributed by atoms with Gasteiger partial charge in [-0.2, -0.15) is 0 Å². The lowest BCUT2D eigenvalue weighted by molar-refractivity contribution is 0.474. The molecule has 0 aliphatic rings. The fraction of sp³-hybridized carbons (Fsp3) is 0.118. The molecule has 0 unspecified atom stereocenters. The molecule has 1 aromatic heterocycles. The van der Waals surface area contributed by atoms with Crippen LogP contribution in [0, 0.1) is 0 Å². The summed E-state index contributed by atoms with van der Waals surface area (Å²) in [4.78, 5) is 4.36. The van der Waals surface area contributed by atoms with Crippen LogP contribution < -0.4 is 10.1 Å². The minimum absolute atomic E-state index is 0.758. The zero-order chi connectivity index (χ0) is 14.7. The van der Waals surface area contributed by atoms with Crippen molar-refractivity contribution < 1.29 is 4.74 Å². The Hall–Kier alpha value is -1.91. The van der Waals surface area contributed by atoms with Gasteiger partial charge in [0.05, 0.1) is 5.52 Å². The predicted molar refractivity (Wildman–Crippen MR) is 88.7 cm³/mol. The molecule has 21 heavy (non-hydrogen) atoms. The highest BCUT2D eigenvalue weighted by Crippen LogP contribution is 2.30. The van der Waals surface area contributed by atoms with Crippen LogP contribution in [0.2, 0.25) is 0 Å². The molecular weight excluding hydrogens is 328 g/mol. The van der Waals surface area contributed by atoms with Crippen LogP contribution in [0.5, 0.6) is 11.5 Å². The largest absolute Gasteiger partial charge is 0.457 e. The van der Waals surface area contributed by atoms with Crippen molar-refractivity contribution in [2.75, 3.05) is 7.05 Å². The number of rotatable bonds is 4. The molecule has 1 N–H and O–H groups in total. The minimum atomic E-state index is 0.758. The maximum Gasteiger partial charge on any atom is 0.133 e. The summed E-state index contributed by atoms with van der Waals surface area (Å²) in [6, 6.07) is 16.0. The van der Waals surface area contributed by atoms with Crippen LogP contribution in [0.3, 0.4) is 0 Å². The van der Waals surface area contributed by atoms with E-state index in [1.54, 1.807) is 6.20 Å². The molecule has 3 rings (SSSR count). The lowest BCUT2D eigenvalue weighted by Crippen LogP contribution is -2.06. The molecule has 0 spiro atoms. The van der Waals surface area contributed by atoms with Crippen molar-refractivity contribution in [3.63, 3.8) is 0 Å². The molecule has 0 amide bonds. The molecule has 0 aliphatic heterocycles. The van der Waals surface area contributed by atoms with Crippen molar-refractivity contribution in [2.24, 2.45) is 0 Å². The Labute approximate surface area is 132 Å². The van der Waals surface area contributed by atoms with Crippen LogP contribution in [0.25, 0.3) is 10.9 Å². The second kappa shape index (κ2) is 6.24. The predicted octanol–water partition coefficient (Wildman–Crippen LogP) is 4.51. The van der Waals surface area contributed by atoms with E-state index in [-0.39, 0.29) is 0 Å². The smallest absolute Gasteiger partial charge is 0.133 e. The van der Waals surface area contributed by atoms with Crippen molar-refractivity contribution in [3.8, 4) is 11.5 Å². The van der Waals surface area contributed by atoms with E-state index in [0.29, 0.717) is 0 Å². The lowest BCUT2D eigenvalue weighted by Gasteiger charge is -2.12. The molecule has 1 heterocycles. The maximum atomic E-state index is 6.04. The van der Waals surface area contributed by atoms with E-state index in [0.717, 1.165) is 39.0 Å². The number of aromatic nitrogens is 1. The summed E-state index contributed by atoms with van der Waals surface area (Å²) in [5, 5.41) is 4.26. The SMILES string of the molecule is CNCc1ccc(Br)cc1Oc1ccc2cccnc2c1. The number of nitrogens with one attached hydrogen (secondary N) is 1. The summed E-state index contributed by atoms with van der Waals surface area (Å²) in [5.41, 5.74) is 2.04. The highest BCUT2D eigenvalue weighted by atomic mass is 79.9. The third-order valence-electron chi connectivity index (χ3n) is 3.20. The Kier molecular flexibility index (Phi) is 4.18. The first kappa shape index (κ1) is 14.0. The second-order valence-corrected chi connectivity index (χ2v) is 5.66. The molecule has 0 radical (unpaired) electrons. The van der Waals surface area contributed by atoms with Crippen LogP contribution in [-0.4, -0.2) is 12.0 Å². The van der Waals surface area contributed by atoms with E-state index in [1.165, 1.54) is 0 Å². The van der Waals surface area contributed by atoms with Gasteiger partial charge in [0.1, 0.15) is 11.5 Å². The van der Waals surface area contributed by atoms with Gasteiger partial charge in [-0.15, -0.1) is 0 Å². The molecule has 3 nitrogen and oxygen atoms in total. The van der Waals surface area contributed by atoms with Gasteiger partial charge in [0.15, 0.2) is 0 Å². The molecule has 4 heteroatoms. The van der Waals surface area contributed by atoms with Gasteiger partial charge in [0.2, 0.25) is 0 Å². The van der Waals surface area contributed by atoms with E-state index in [4.69, 9.17) is 4.74 Å². The average molecular weight is 343 g/mol. The van der Waals surface area contributed by atoms with E-state index in [1.807, 2.05) is 49.5 Å². The Bertz CT molecular complexity index is 774. The zero-order valence-corrected chi connectivity index (χ0v) is 13.2. The van der Waals surface area contributed by atoms with E-state index < -0.39 is 0 Å². The van der Waals surface area contributed by atoms with Crippen LogP contribution in [0.15, 0.2) is 59.2 Å². The molecule has 0 bridgehead atoms. The summed E-state index contributed by atoms with van der Waals surface area (Å²) in [5.74, 6) is 1.63. The van der Waals surface area contributed by atoms with Crippen molar-refractivity contribution in [1.82, 2.24) is 10.3 Å². The standard InChI is InChI=1S/C17H15BrN2O/c1-19-11-13-4-6-14(18)9-17(13)21-15-7-5-12-3-2-8-20-16(12)10-15/h2-10,19H,11H2,1H3. The normalized spacial score (nSPS) is 10.8. The molecule has 0 atom stereocenters. The van der Waals surface area contributed by atoms with Crippen molar-refractivity contribution in [1.29, 1.82) is 0 Å². The lowest BCUT2D eigenvalue weighted by atomic mass is 10.2. The average Bonchev–Trinajstić information content (AvgIpc) is 2.50. The van der Waals surface area contributed by atoms with E-state index in [2.05, 4.69) is 32.3 Å².